The van der Waals surface area contributed by atoms with Crippen molar-refractivity contribution in [1.29, 1.82) is 0 Å². The first-order valence-corrected chi connectivity index (χ1v) is 18.9. The molecule has 8 nitrogen and oxygen atoms in total. The van der Waals surface area contributed by atoms with Crippen molar-refractivity contribution in [3.05, 3.63) is 36.2 Å². The molecule has 1 aliphatic heterocycles. The lowest BCUT2D eigenvalue weighted by Crippen LogP contribution is -2.23. The second-order valence-corrected chi connectivity index (χ2v) is 20.7. The molecule has 0 N–H and O–H groups in total. The number of carbonyl (C=O) groups is 1. The summed E-state index contributed by atoms with van der Waals surface area (Å²) < 4.78 is 14.2. The van der Waals surface area contributed by atoms with Crippen LogP contribution in [0, 0.1) is 10.8 Å². The predicted molar refractivity (Wildman–Crippen MR) is 176 cm³/mol. The van der Waals surface area contributed by atoms with E-state index in [2.05, 4.69) is 55.4 Å². The number of rotatable bonds is 12. The van der Waals surface area contributed by atoms with Crippen molar-refractivity contribution in [2.24, 2.45) is 10.8 Å². The number of hydrogen-bond donors (Lipinski definition) is 0. The number of ether oxygens (including phenoxy) is 2. The van der Waals surface area contributed by atoms with Crippen LogP contribution >= 0.6 is 0 Å². The summed E-state index contributed by atoms with van der Waals surface area (Å²) in [6, 6.07) is 7.43. The summed E-state index contributed by atoms with van der Waals surface area (Å²) in [6.07, 6.45) is 4.82. The molecule has 0 unspecified atom stereocenters. The molecule has 0 bridgehead atoms. The highest BCUT2D eigenvalue weighted by molar-refractivity contribution is 6.76. The Labute approximate surface area is 253 Å². The minimum Gasteiger partial charge on any atom is -0.492 e. The van der Waals surface area contributed by atoms with Gasteiger partial charge in [-0.05, 0) is 44.1 Å². The van der Waals surface area contributed by atoms with E-state index in [1.807, 2.05) is 57.9 Å². The summed E-state index contributed by atoms with van der Waals surface area (Å²) in [5, 5.41) is 0. The van der Waals surface area contributed by atoms with E-state index in [1.165, 1.54) is 0 Å². The molecule has 0 spiro atoms. The summed E-state index contributed by atoms with van der Waals surface area (Å²) in [5.41, 5.74) is 4.36. The van der Waals surface area contributed by atoms with Gasteiger partial charge in [-0.15, -0.1) is 0 Å². The van der Waals surface area contributed by atoms with Crippen LogP contribution in [-0.4, -0.2) is 80.2 Å². The first-order chi connectivity index (χ1) is 19.5. The lowest BCUT2D eigenvalue weighted by atomic mass is 9.87. The number of ketones is 1. The second-order valence-electron chi connectivity index (χ2n) is 15.1. The molecule has 4 rings (SSSR count). The molecule has 9 heteroatoms. The number of Topliss-reactive ketones (excluding diaryl/α,β-unsaturated/α-hetero) is 1. The van der Waals surface area contributed by atoms with Gasteiger partial charge in [0.1, 0.15) is 24.6 Å². The standard InChI is InChI=1S/C33H51N5O3Si/c1-32(2,3)30(39)27-21-38(23-40-15-16-42(8,9)10)31-29(27)35-28(20-34-31)24-17-25(37-12-11-33(4,5)22-37)19-26(18-24)41-14-13-36(6)7/h17-21H,11-16,22-23H2,1-10H3. The van der Waals surface area contributed by atoms with Crippen LogP contribution in [0.5, 0.6) is 5.75 Å². The lowest BCUT2D eigenvalue weighted by Gasteiger charge is -2.23. The molecule has 2 aromatic heterocycles. The maximum Gasteiger partial charge on any atom is 0.171 e. The molecule has 1 saturated heterocycles. The van der Waals surface area contributed by atoms with Crippen LogP contribution in [0.3, 0.4) is 0 Å². The molecule has 1 aliphatic rings. The Morgan fingerprint density at radius 1 is 1.12 bits per heavy atom. The van der Waals surface area contributed by atoms with Gasteiger partial charge in [0, 0.05) is 63.2 Å². The number of carbonyl (C=O) groups excluding carboxylic acids is 1. The molecule has 3 aromatic rings. The minimum atomic E-state index is -1.21. The zero-order chi connectivity index (χ0) is 30.9. The van der Waals surface area contributed by atoms with Gasteiger partial charge in [0.05, 0.1) is 17.5 Å². The molecule has 1 fully saturated rings. The molecule has 0 saturated carbocycles. The monoisotopic (exact) mass is 593 g/mol. The molecule has 3 heterocycles. The Morgan fingerprint density at radius 3 is 2.48 bits per heavy atom. The van der Waals surface area contributed by atoms with Gasteiger partial charge in [0.2, 0.25) is 0 Å². The van der Waals surface area contributed by atoms with E-state index in [4.69, 9.17) is 19.4 Å². The number of aromatic nitrogens is 3. The number of hydrogen-bond acceptors (Lipinski definition) is 7. The Kier molecular flexibility index (Phi) is 9.55. The van der Waals surface area contributed by atoms with Crippen LogP contribution in [0.1, 0.15) is 51.4 Å². The lowest BCUT2D eigenvalue weighted by molar-refractivity contribution is 0.0849. The highest BCUT2D eigenvalue weighted by Crippen LogP contribution is 2.37. The largest absolute Gasteiger partial charge is 0.492 e. The fourth-order valence-electron chi connectivity index (χ4n) is 5.08. The van der Waals surface area contributed by atoms with Gasteiger partial charge in [-0.3, -0.25) is 4.79 Å². The average Bonchev–Trinajstić information content (AvgIpc) is 3.44. The van der Waals surface area contributed by atoms with Crippen LogP contribution in [0.4, 0.5) is 5.69 Å². The fraction of sp³-hybridized carbons (Fsp3) is 0.606. The van der Waals surface area contributed by atoms with Gasteiger partial charge in [0.15, 0.2) is 11.4 Å². The minimum absolute atomic E-state index is 0.0422. The Morgan fingerprint density at radius 2 is 1.86 bits per heavy atom. The van der Waals surface area contributed by atoms with E-state index in [9.17, 15) is 4.79 Å². The van der Waals surface area contributed by atoms with Crippen molar-refractivity contribution in [3.8, 4) is 17.0 Å². The van der Waals surface area contributed by atoms with Gasteiger partial charge >= 0.3 is 0 Å². The average molecular weight is 594 g/mol. The van der Waals surface area contributed by atoms with Crippen LogP contribution in [0.2, 0.25) is 25.7 Å². The maximum atomic E-state index is 13.6. The molecule has 1 aromatic carbocycles. The van der Waals surface area contributed by atoms with Crippen molar-refractivity contribution in [2.75, 3.05) is 51.8 Å². The third-order valence-corrected chi connectivity index (χ3v) is 9.46. The van der Waals surface area contributed by atoms with Gasteiger partial charge in [-0.2, -0.15) is 0 Å². The van der Waals surface area contributed by atoms with E-state index in [-0.39, 0.29) is 11.2 Å². The van der Waals surface area contributed by atoms with Crippen LogP contribution in [0.15, 0.2) is 30.6 Å². The summed E-state index contributed by atoms with van der Waals surface area (Å²) >= 11 is 0. The molecule has 42 heavy (non-hydrogen) atoms. The molecular formula is C33H51N5O3Si. The summed E-state index contributed by atoms with van der Waals surface area (Å²) in [6.45, 7) is 21.9. The zero-order valence-corrected chi connectivity index (χ0v) is 28.5. The van der Waals surface area contributed by atoms with Gasteiger partial charge < -0.3 is 23.8 Å². The van der Waals surface area contributed by atoms with Gasteiger partial charge in [-0.25, -0.2) is 9.97 Å². The zero-order valence-electron chi connectivity index (χ0n) is 27.5. The molecular weight excluding hydrogens is 542 g/mol. The van der Waals surface area contributed by atoms with Crippen LogP contribution < -0.4 is 9.64 Å². The summed E-state index contributed by atoms with van der Waals surface area (Å²) in [5.74, 6) is 0.857. The molecule has 0 amide bonds. The first-order valence-electron chi connectivity index (χ1n) is 15.2. The third kappa shape index (κ3) is 8.20. The quantitative estimate of drug-likeness (QED) is 0.130. The van der Waals surface area contributed by atoms with Crippen LogP contribution in [-0.2, 0) is 11.5 Å². The van der Waals surface area contributed by atoms with E-state index < -0.39 is 13.5 Å². The number of fused-ring (bicyclic) bond motifs is 1. The number of nitrogens with zero attached hydrogens (tertiary/aromatic N) is 5. The van der Waals surface area contributed by atoms with E-state index in [0.717, 1.165) is 54.8 Å². The van der Waals surface area contributed by atoms with E-state index in [0.29, 0.717) is 36.7 Å². The van der Waals surface area contributed by atoms with Crippen molar-refractivity contribution in [1.82, 2.24) is 19.4 Å². The predicted octanol–water partition coefficient (Wildman–Crippen LogP) is 6.82. The molecule has 230 valence electrons. The van der Waals surface area contributed by atoms with Gasteiger partial charge in [0.25, 0.3) is 0 Å². The normalized spacial score (nSPS) is 15.6. The third-order valence-electron chi connectivity index (χ3n) is 7.75. The highest BCUT2D eigenvalue weighted by Gasteiger charge is 2.30. The summed E-state index contributed by atoms with van der Waals surface area (Å²) in [7, 11) is 2.88. The summed E-state index contributed by atoms with van der Waals surface area (Å²) in [4.78, 5) is 28.0. The SMILES string of the molecule is CN(C)CCOc1cc(-c2cnc3c(n2)c(C(=O)C(C)(C)C)cn3COCC[Si](C)(C)C)cc(N2CCC(C)(C)C2)c1. The number of benzene rings is 1. The highest BCUT2D eigenvalue weighted by atomic mass is 28.3. The van der Waals surface area contributed by atoms with Crippen molar-refractivity contribution in [3.63, 3.8) is 0 Å². The van der Waals surface area contributed by atoms with E-state index in [1.54, 1.807) is 0 Å². The molecule has 0 radical (unpaired) electrons. The Balaban J connectivity index is 1.74. The first kappa shape index (κ1) is 32.2. The maximum absolute atomic E-state index is 13.6. The topological polar surface area (TPSA) is 72.7 Å². The smallest absolute Gasteiger partial charge is 0.171 e. The van der Waals surface area contributed by atoms with E-state index >= 15 is 0 Å². The Bertz CT molecular complexity index is 1400. The van der Waals surface area contributed by atoms with Crippen molar-refractivity contribution < 1.29 is 14.3 Å². The molecule has 0 aliphatic carbocycles. The molecule has 0 atom stereocenters. The number of likely N-dealkylation sites (N-methyl/N-ethyl adjacent to an activating group) is 1. The van der Waals surface area contributed by atoms with Gasteiger partial charge in [-0.1, -0.05) is 54.3 Å². The van der Waals surface area contributed by atoms with Crippen molar-refractivity contribution in [2.45, 2.75) is 73.5 Å². The fourth-order valence-corrected chi connectivity index (χ4v) is 5.83. The van der Waals surface area contributed by atoms with Crippen molar-refractivity contribution >= 4 is 30.7 Å². The Hall–Kier alpha value is -2.75. The number of anilines is 1. The van der Waals surface area contributed by atoms with Crippen LogP contribution in [0.25, 0.3) is 22.4 Å². The second kappa shape index (κ2) is 12.5.